The second-order valence-corrected chi connectivity index (χ2v) is 6.57. The number of aromatic nitrogens is 3. The van der Waals surface area contributed by atoms with Crippen LogP contribution < -0.4 is 10.9 Å². The fourth-order valence-corrected chi connectivity index (χ4v) is 3.39. The molecule has 134 valence electrons. The predicted molar refractivity (Wildman–Crippen MR) is 97.0 cm³/mol. The summed E-state index contributed by atoms with van der Waals surface area (Å²) in [5.41, 5.74) is 2.51. The molecule has 1 aliphatic heterocycles. The van der Waals surface area contributed by atoms with E-state index in [0.717, 1.165) is 22.2 Å². The van der Waals surface area contributed by atoms with Crippen molar-refractivity contribution in [1.29, 1.82) is 0 Å². The molecule has 2 atom stereocenters. The molecule has 0 bridgehead atoms. The topological polar surface area (TPSA) is 89.0 Å². The Hall–Kier alpha value is -2.93. The highest BCUT2D eigenvalue weighted by atomic mass is 16.5. The van der Waals surface area contributed by atoms with E-state index in [-0.39, 0.29) is 30.0 Å². The van der Waals surface area contributed by atoms with Crippen LogP contribution in [0.2, 0.25) is 0 Å². The molecule has 1 fully saturated rings. The van der Waals surface area contributed by atoms with Crippen LogP contribution in [-0.4, -0.2) is 39.9 Å². The summed E-state index contributed by atoms with van der Waals surface area (Å²) in [7, 11) is 0. The van der Waals surface area contributed by atoms with Crippen molar-refractivity contribution in [3.05, 3.63) is 64.2 Å². The van der Waals surface area contributed by atoms with Gasteiger partial charge in [0.25, 0.3) is 5.56 Å². The summed E-state index contributed by atoms with van der Waals surface area (Å²) in [6.45, 7) is 2.55. The van der Waals surface area contributed by atoms with Crippen molar-refractivity contribution < 1.29 is 9.53 Å². The number of aromatic amines is 1. The smallest absolute Gasteiger partial charge is 0.267 e. The average molecular weight is 352 g/mol. The van der Waals surface area contributed by atoms with Crippen molar-refractivity contribution >= 4 is 16.8 Å². The average Bonchev–Trinajstić information content (AvgIpc) is 3.24. The van der Waals surface area contributed by atoms with Gasteiger partial charge in [-0.2, -0.15) is 5.10 Å². The zero-order chi connectivity index (χ0) is 18.1. The second kappa shape index (κ2) is 6.76. The van der Waals surface area contributed by atoms with Crippen molar-refractivity contribution in [2.45, 2.75) is 25.4 Å². The van der Waals surface area contributed by atoms with E-state index in [4.69, 9.17) is 4.74 Å². The summed E-state index contributed by atoms with van der Waals surface area (Å²) < 4.78 is 6.92. The van der Waals surface area contributed by atoms with Gasteiger partial charge in [-0.1, -0.05) is 18.2 Å². The number of hydrogen-bond acceptors (Lipinski definition) is 4. The SMILES string of the molecule is Cc1ccc(=O)n(C2COCC2NC(=O)Cc2c[nH]c3ccccc23)n1. The third kappa shape index (κ3) is 3.13. The van der Waals surface area contributed by atoms with Crippen LogP contribution in [0.5, 0.6) is 0 Å². The first-order valence-corrected chi connectivity index (χ1v) is 8.60. The standard InChI is InChI=1S/C19H20N4O3/c1-12-6-7-19(25)23(22-12)17-11-26-10-16(17)21-18(24)8-13-9-20-15-5-3-2-4-14(13)15/h2-7,9,16-17,20H,8,10-11H2,1H3,(H,21,24). The predicted octanol–water partition coefficient (Wildman–Crippen LogP) is 1.33. The van der Waals surface area contributed by atoms with Crippen molar-refractivity contribution in [1.82, 2.24) is 20.1 Å². The minimum absolute atomic E-state index is 0.101. The number of fused-ring (bicyclic) bond motifs is 1. The fraction of sp³-hybridized carbons (Fsp3) is 0.316. The minimum atomic E-state index is -0.297. The van der Waals surface area contributed by atoms with E-state index < -0.39 is 0 Å². The molecule has 1 amide bonds. The molecular formula is C19H20N4O3. The van der Waals surface area contributed by atoms with Gasteiger partial charge in [0, 0.05) is 23.2 Å². The number of ether oxygens (including phenoxy) is 1. The summed E-state index contributed by atoms with van der Waals surface area (Å²) in [5.74, 6) is -0.101. The molecule has 7 heteroatoms. The Kier molecular flexibility index (Phi) is 4.30. The van der Waals surface area contributed by atoms with Gasteiger partial charge in [0.1, 0.15) is 6.04 Å². The van der Waals surface area contributed by atoms with E-state index in [1.54, 1.807) is 6.07 Å². The first-order valence-electron chi connectivity index (χ1n) is 8.60. The van der Waals surface area contributed by atoms with Crippen molar-refractivity contribution in [3.8, 4) is 0 Å². The fourth-order valence-electron chi connectivity index (χ4n) is 3.39. The molecule has 3 aromatic rings. The van der Waals surface area contributed by atoms with Crippen LogP contribution >= 0.6 is 0 Å². The quantitative estimate of drug-likeness (QED) is 0.741. The normalized spacial score (nSPS) is 19.7. The van der Waals surface area contributed by atoms with Gasteiger partial charge in [-0.25, -0.2) is 4.68 Å². The molecule has 0 radical (unpaired) electrons. The molecule has 0 spiro atoms. The first kappa shape index (κ1) is 16.5. The third-order valence-corrected chi connectivity index (χ3v) is 4.70. The van der Waals surface area contributed by atoms with Crippen LogP contribution in [0, 0.1) is 6.92 Å². The Morgan fingerprint density at radius 3 is 3.04 bits per heavy atom. The Balaban J connectivity index is 1.50. The number of nitrogens with zero attached hydrogens (tertiary/aromatic N) is 2. The van der Waals surface area contributed by atoms with Gasteiger partial charge in [-0.3, -0.25) is 9.59 Å². The number of para-hydroxylation sites is 1. The molecular weight excluding hydrogens is 332 g/mol. The minimum Gasteiger partial charge on any atom is -0.377 e. The number of carbonyl (C=O) groups is 1. The largest absolute Gasteiger partial charge is 0.377 e. The third-order valence-electron chi connectivity index (χ3n) is 4.70. The van der Waals surface area contributed by atoms with E-state index in [0.29, 0.717) is 13.2 Å². The lowest BCUT2D eigenvalue weighted by Gasteiger charge is -2.20. The van der Waals surface area contributed by atoms with Gasteiger partial charge in [0.05, 0.1) is 31.4 Å². The lowest BCUT2D eigenvalue weighted by Crippen LogP contribution is -2.44. The number of hydrogen-bond donors (Lipinski definition) is 2. The van der Waals surface area contributed by atoms with Crippen LogP contribution in [0.25, 0.3) is 10.9 Å². The Morgan fingerprint density at radius 2 is 2.15 bits per heavy atom. The number of rotatable bonds is 4. The molecule has 7 nitrogen and oxygen atoms in total. The van der Waals surface area contributed by atoms with Gasteiger partial charge < -0.3 is 15.0 Å². The number of benzene rings is 1. The van der Waals surface area contributed by atoms with E-state index in [1.165, 1.54) is 10.7 Å². The maximum Gasteiger partial charge on any atom is 0.267 e. The highest BCUT2D eigenvalue weighted by Crippen LogP contribution is 2.20. The highest BCUT2D eigenvalue weighted by molar-refractivity contribution is 5.88. The molecule has 2 aromatic heterocycles. The van der Waals surface area contributed by atoms with Gasteiger partial charge in [-0.15, -0.1) is 0 Å². The summed E-state index contributed by atoms with van der Waals surface area (Å²) in [5, 5.41) is 8.34. The van der Waals surface area contributed by atoms with E-state index in [9.17, 15) is 9.59 Å². The Bertz CT molecular complexity index is 1010. The number of nitrogens with one attached hydrogen (secondary N) is 2. The van der Waals surface area contributed by atoms with Crippen LogP contribution in [-0.2, 0) is 16.0 Å². The van der Waals surface area contributed by atoms with E-state index in [1.807, 2.05) is 37.4 Å². The maximum absolute atomic E-state index is 12.6. The van der Waals surface area contributed by atoms with Crippen LogP contribution in [0.15, 0.2) is 47.4 Å². The number of carbonyl (C=O) groups excluding carboxylic acids is 1. The number of amides is 1. The summed E-state index contributed by atoms with van der Waals surface area (Å²) in [6.07, 6.45) is 2.13. The molecule has 1 aromatic carbocycles. The van der Waals surface area contributed by atoms with Crippen molar-refractivity contribution in [2.24, 2.45) is 0 Å². The molecule has 1 saturated heterocycles. The summed E-state index contributed by atoms with van der Waals surface area (Å²) >= 11 is 0. The molecule has 2 N–H and O–H groups in total. The van der Waals surface area contributed by atoms with Gasteiger partial charge in [-0.05, 0) is 24.6 Å². The zero-order valence-corrected chi connectivity index (χ0v) is 14.4. The van der Waals surface area contributed by atoms with Crippen LogP contribution in [0.1, 0.15) is 17.3 Å². The molecule has 4 rings (SSSR count). The number of aryl methyl sites for hydroxylation is 1. The highest BCUT2D eigenvalue weighted by Gasteiger charge is 2.32. The lowest BCUT2D eigenvalue weighted by molar-refractivity contribution is -0.121. The maximum atomic E-state index is 12.6. The van der Waals surface area contributed by atoms with E-state index in [2.05, 4.69) is 15.4 Å². The number of H-pyrrole nitrogens is 1. The van der Waals surface area contributed by atoms with Crippen molar-refractivity contribution in [2.75, 3.05) is 13.2 Å². The molecule has 1 aliphatic rings. The van der Waals surface area contributed by atoms with Gasteiger partial charge in [0.2, 0.25) is 5.91 Å². The zero-order valence-electron chi connectivity index (χ0n) is 14.4. The Morgan fingerprint density at radius 1 is 1.31 bits per heavy atom. The molecule has 0 aliphatic carbocycles. The van der Waals surface area contributed by atoms with E-state index >= 15 is 0 Å². The van der Waals surface area contributed by atoms with Crippen molar-refractivity contribution in [3.63, 3.8) is 0 Å². The molecule has 26 heavy (non-hydrogen) atoms. The monoisotopic (exact) mass is 352 g/mol. The van der Waals surface area contributed by atoms with Crippen LogP contribution in [0.3, 0.4) is 0 Å². The first-order chi connectivity index (χ1) is 12.6. The Labute approximate surface area is 150 Å². The van der Waals surface area contributed by atoms with Crippen LogP contribution in [0.4, 0.5) is 0 Å². The summed E-state index contributed by atoms with van der Waals surface area (Å²) in [4.78, 5) is 27.8. The lowest BCUT2D eigenvalue weighted by atomic mass is 10.1. The second-order valence-electron chi connectivity index (χ2n) is 6.57. The van der Waals surface area contributed by atoms with Gasteiger partial charge >= 0.3 is 0 Å². The molecule has 0 saturated carbocycles. The molecule has 3 heterocycles. The molecule has 2 unspecified atom stereocenters. The summed E-state index contributed by atoms with van der Waals surface area (Å²) in [6, 6.07) is 10.5. The van der Waals surface area contributed by atoms with Gasteiger partial charge in [0.15, 0.2) is 0 Å².